The average molecular weight is 278 g/mol. The van der Waals surface area contributed by atoms with E-state index in [1.807, 2.05) is 44.2 Å². The van der Waals surface area contributed by atoms with Crippen molar-refractivity contribution >= 4 is 6.03 Å². The van der Waals surface area contributed by atoms with E-state index in [4.69, 9.17) is 0 Å². The average Bonchev–Trinajstić information content (AvgIpc) is 2.35. The molecule has 0 saturated carbocycles. The van der Waals surface area contributed by atoms with Gasteiger partial charge in [-0.2, -0.15) is 0 Å². The molecule has 1 aromatic carbocycles. The van der Waals surface area contributed by atoms with Crippen LogP contribution >= 0.6 is 0 Å². The molecule has 0 saturated heterocycles. The van der Waals surface area contributed by atoms with Crippen molar-refractivity contribution < 1.29 is 9.90 Å². The third-order valence-electron chi connectivity index (χ3n) is 3.18. The largest absolute Gasteiger partial charge is 0.393 e. The standard InChI is InChI=1S/C16H26N2O2/c1-13(19)10-16(2,3)12-17-15(20)18(4)11-14-8-6-5-7-9-14/h5-9,13,19H,10-12H2,1-4H3,(H,17,20). The SMILES string of the molecule is CC(O)CC(C)(C)CNC(=O)N(C)Cc1ccccc1. The lowest BCUT2D eigenvalue weighted by Gasteiger charge is -2.28. The van der Waals surface area contributed by atoms with Crippen LogP contribution in [0.3, 0.4) is 0 Å². The Hall–Kier alpha value is -1.55. The van der Waals surface area contributed by atoms with Crippen molar-refractivity contribution in [2.75, 3.05) is 13.6 Å². The zero-order valence-corrected chi connectivity index (χ0v) is 12.9. The first-order chi connectivity index (χ1) is 9.30. The van der Waals surface area contributed by atoms with Crippen LogP contribution in [0.5, 0.6) is 0 Å². The molecule has 0 radical (unpaired) electrons. The first kappa shape index (κ1) is 16.5. The van der Waals surface area contributed by atoms with Crippen molar-refractivity contribution in [2.45, 2.75) is 39.8 Å². The second-order valence-electron chi connectivity index (χ2n) is 6.22. The van der Waals surface area contributed by atoms with Crippen LogP contribution in [0.2, 0.25) is 0 Å². The van der Waals surface area contributed by atoms with E-state index in [1.165, 1.54) is 0 Å². The second-order valence-corrected chi connectivity index (χ2v) is 6.22. The summed E-state index contributed by atoms with van der Waals surface area (Å²) in [5, 5.41) is 12.4. The summed E-state index contributed by atoms with van der Waals surface area (Å²) in [6.45, 7) is 6.98. The highest BCUT2D eigenvalue weighted by Crippen LogP contribution is 2.21. The molecule has 2 amide bonds. The van der Waals surface area contributed by atoms with Gasteiger partial charge in [0.15, 0.2) is 0 Å². The highest BCUT2D eigenvalue weighted by atomic mass is 16.3. The Kier molecular flexibility index (Phi) is 6.02. The number of aliphatic hydroxyl groups excluding tert-OH is 1. The molecule has 0 bridgehead atoms. The van der Waals surface area contributed by atoms with Crippen molar-refractivity contribution in [1.82, 2.24) is 10.2 Å². The van der Waals surface area contributed by atoms with Crippen molar-refractivity contribution in [3.63, 3.8) is 0 Å². The lowest BCUT2D eigenvalue weighted by Crippen LogP contribution is -2.42. The third kappa shape index (κ3) is 6.06. The van der Waals surface area contributed by atoms with Crippen molar-refractivity contribution in [3.05, 3.63) is 35.9 Å². The monoisotopic (exact) mass is 278 g/mol. The van der Waals surface area contributed by atoms with Crippen LogP contribution in [-0.4, -0.2) is 35.7 Å². The molecule has 4 nitrogen and oxygen atoms in total. The van der Waals surface area contributed by atoms with Crippen LogP contribution in [0, 0.1) is 5.41 Å². The molecule has 0 fully saturated rings. The molecular formula is C16H26N2O2. The summed E-state index contributed by atoms with van der Waals surface area (Å²) in [5.74, 6) is 0. The number of carbonyl (C=O) groups excluding carboxylic acids is 1. The molecule has 0 aliphatic heterocycles. The summed E-state index contributed by atoms with van der Waals surface area (Å²) in [6.07, 6.45) is 0.305. The Labute approximate surface area is 121 Å². The maximum Gasteiger partial charge on any atom is 0.317 e. The summed E-state index contributed by atoms with van der Waals surface area (Å²) < 4.78 is 0. The predicted octanol–water partition coefficient (Wildman–Crippen LogP) is 2.63. The molecule has 0 aromatic heterocycles. The lowest BCUT2D eigenvalue weighted by molar-refractivity contribution is 0.127. The van der Waals surface area contributed by atoms with Crippen LogP contribution in [-0.2, 0) is 6.54 Å². The van der Waals surface area contributed by atoms with Gasteiger partial charge in [-0.1, -0.05) is 44.2 Å². The zero-order valence-electron chi connectivity index (χ0n) is 12.9. The van der Waals surface area contributed by atoms with E-state index in [-0.39, 0.29) is 17.6 Å². The maximum atomic E-state index is 12.0. The van der Waals surface area contributed by atoms with Gasteiger partial charge < -0.3 is 15.3 Å². The fraction of sp³-hybridized carbons (Fsp3) is 0.562. The van der Waals surface area contributed by atoms with Crippen molar-refractivity contribution in [3.8, 4) is 0 Å². The van der Waals surface area contributed by atoms with Crippen LogP contribution in [0.15, 0.2) is 30.3 Å². The number of aliphatic hydroxyl groups is 1. The minimum atomic E-state index is -0.357. The number of amides is 2. The van der Waals surface area contributed by atoms with Gasteiger partial charge >= 0.3 is 6.03 Å². The summed E-state index contributed by atoms with van der Waals surface area (Å²) in [7, 11) is 1.78. The van der Waals surface area contributed by atoms with E-state index >= 15 is 0 Å². The normalized spacial score (nSPS) is 12.8. The number of carbonyl (C=O) groups is 1. The minimum absolute atomic E-state index is 0.0903. The van der Waals surface area contributed by atoms with Crippen LogP contribution in [0.25, 0.3) is 0 Å². The predicted molar refractivity (Wildman–Crippen MR) is 81.4 cm³/mol. The molecule has 20 heavy (non-hydrogen) atoms. The zero-order chi connectivity index (χ0) is 15.2. The molecule has 112 valence electrons. The first-order valence-corrected chi connectivity index (χ1v) is 7.01. The van der Waals surface area contributed by atoms with E-state index < -0.39 is 0 Å². The van der Waals surface area contributed by atoms with Gasteiger partial charge in [0.25, 0.3) is 0 Å². The number of nitrogens with one attached hydrogen (secondary N) is 1. The summed E-state index contributed by atoms with van der Waals surface area (Å²) in [6, 6.07) is 9.80. The molecule has 0 aliphatic carbocycles. The highest BCUT2D eigenvalue weighted by Gasteiger charge is 2.21. The summed E-state index contributed by atoms with van der Waals surface area (Å²) in [4.78, 5) is 13.7. The maximum absolute atomic E-state index is 12.0. The third-order valence-corrected chi connectivity index (χ3v) is 3.18. The minimum Gasteiger partial charge on any atom is -0.393 e. The first-order valence-electron chi connectivity index (χ1n) is 7.01. The van der Waals surface area contributed by atoms with E-state index in [2.05, 4.69) is 5.32 Å². The van der Waals surface area contributed by atoms with Crippen molar-refractivity contribution in [1.29, 1.82) is 0 Å². The Morgan fingerprint density at radius 3 is 2.50 bits per heavy atom. The topological polar surface area (TPSA) is 52.6 Å². The number of benzene rings is 1. The van der Waals surface area contributed by atoms with Gasteiger partial charge in [0.2, 0.25) is 0 Å². The Morgan fingerprint density at radius 2 is 1.95 bits per heavy atom. The van der Waals surface area contributed by atoms with E-state index in [0.717, 1.165) is 5.56 Å². The molecule has 4 heteroatoms. The van der Waals surface area contributed by atoms with Gasteiger partial charge in [0.1, 0.15) is 0 Å². The Bertz CT molecular complexity index is 416. The van der Waals surface area contributed by atoms with Gasteiger partial charge in [0, 0.05) is 20.1 Å². The van der Waals surface area contributed by atoms with Gasteiger partial charge in [-0.05, 0) is 24.3 Å². The van der Waals surface area contributed by atoms with Crippen LogP contribution < -0.4 is 5.32 Å². The fourth-order valence-electron chi connectivity index (χ4n) is 2.25. The molecule has 1 atom stereocenters. The lowest BCUT2D eigenvalue weighted by atomic mass is 9.87. The number of urea groups is 1. The molecule has 1 unspecified atom stereocenters. The molecule has 0 aliphatic rings. The molecule has 2 N–H and O–H groups in total. The summed E-state index contributed by atoms with van der Waals surface area (Å²) >= 11 is 0. The molecule has 0 spiro atoms. The summed E-state index contributed by atoms with van der Waals surface area (Å²) in [5.41, 5.74) is 0.991. The number of hydrogen-bond acceptors (Lipinski definition) is 2. The van der Waals surface area contributed by atoms with E-state index in [9.17, 15) is 9.90 Å². The van der Waals surface area contributed by atoms with Gasteiger partial charge in [-0.15, -0.1) is 0 Å². The quantitative estimate of drug-likeness (QED) is 0.840. The van der Waals surface area contributed by atoms with Gasteiger partial charge in [-0.3, -0.25) is 0 Å². The molecule has 1 aromatic rings. The van der Waals surface area contributed by atoms with Crippen LogP contribution in [0.1, 0.15) is 32.8 Å². The Morgan fingerprint density at radius 1 is 1.35 bits per heavy atom. The molecule has 1 rings (SSSR count). The van der Waals surface area contributed by atoms with Crippen LogP contribution in [0.4, 0.5) is 4.79 Å². The van der Waals surface area contributed by atoms with Gasteiger partial charge in [-0.25, -0.2) is 4.79 Å². The smallest absolute Gasteiger partial charge is 0.317 e. The fourth-order valence-corrected chi connectivity index (χ4v) is 2.25. The second kappa shape index (κ2) is 7.29. The van der Waals surface area contributed by atoms with E-state index in [1.54, 1.807) is 18.9 Å². The molecule has 0 heterocycles. The van der Waals surface area contributed by atoms with E-state index in [0.29, 0.717) is 19.5 Å². The van der Waals surface area contributed by atoms with Gasteiger partial charge in [0.05, 0.1) is 6.10 Å². The number of hydrogen-bond donors (Lipinski definition) is 2. The molecular weight excluding hydrogens is 252 g/mol. The highest BCUT2D eigenvalue weighted by molar-refractivity contribution is 5.73. The Balaban J connectivity index is 2.42. The number of nitrogens with zero attached hydrogens (tertiary/aromatic N) is 1. The van der Waals surface area contributed by atoms with Crippen molar-refractivity contribution in [2.24, 2.45) is 5.41 Å². The number of rotatable bonds is 6.